The predicted molar refractivity (Wildman–Crippen MR) is 67.5 cm³/mol. The van der Waals surface area contributed by atoms with Gasteiger partial charge in [0.25, 0.3) is 0 Å². The summed E-state index contributed by atoms with van der Waals surface area (Å²) in [6, 6.07) is 0. The molecule has 0 saturated heterocycles. The summed E-state index contributed by atoms with van der Waals surface area (Å²) in [5.41, 5.74) is -0.253. The Kier molecular flexibility index (Phi) is 2.17. The van der Waals surface area contributed by atoms with Crippen LogP contribution >= 0.6 is 0 Å². The first kappa shape index (κ1) is 12.0. The summed E-state index contributed by atoms with van der Waals surface area (Å²) < 4.78 is 0. The van der Waals surface area contributed by atoms with Crippen LogP contribution in [0.3, 0.4) is 0 Å². The molecule has 6 atom stereocenters. The Bertz CT molecular complexity index is 347. The molecular weight excluding hydrogens is 212 g/mol. The molecule has 2 heteroatoms. The van der Waals surface area contributed by atoms with Gasteiger partial charge in [0.1, 0.15) is 0 Å². The average Bonchev–Trinajstić information content (AvgIpc) is 2.79. The highest BCUT2D eigenvalue weighted by Gasteiger charge is 2.67. The Labute approximate surface area is 104 Å². The van der Waals surface area contributed by atoms with Crippen molar-refractivity contribution in [2.24, 2.45) is 28.6 Å². The van der Waals surface area contributed by atoms with Crippen LogP contribution in [0.15, 0.2) is 0 Å². The first-order chi connectivity index (χ1) is 7.68. The third-order valence-electron chi connectivity index (χ3n) is 6.37. The lowest BCUT2D eigenvalue weighted by Crippen LogP contribution is -2.38. The van der Waals surface area contributed by atoms with Crippen molar-refractivity contribution in [3.63, 3.8) is 0 Å². The van der Waals surface area contributed by atoms with E-state index in [2.05, 4.69) is 20.8 Å². The van der Waals surface area contributed by atoms with E-state index in [0.717, 1.165) is 25.7 Å². The standard InChI is InChI=1S/C15H26O2/c1-13(2)7-10-9(5-6-15(10,4)17)14(3)8-11(14)12(13)16/h9-12,16-17H,5-8H2,1-4H3. The number of aliphatic hydroxyl groups is 2. The van der Waals surface area contributed by atoms with Gasteiger partial charge < -0.3 is 10.2 Å². The quantitative estimate of drug-likeness (QED) is 0.681. The molecule has 0 amide bonds. The predicted octanol–water partition coefficient (Wildman–Crippen LogP) is 2.58. The minimum absolute atomic E-state index is 0.0455. The van der Waals surface area contributed by atoms with Crippen molar-refractivity contribution < 1.29 is 10.2 Å². The Morgan fingerprint density at radius 1 is 0.941 bits per heavy atom. The van der Waals surface area contributed by atoms with Gasteiger partial charge in [0.15, 0.2) is 0 Å². The van der Waals surface area contributed by atoms with Crippen LogP contribution in [0, 0.1) is 28.6 Å². The molecule has 0 bridgehead atoms. The molecule has 0 aromatic carbocycles. The maximum atomic E-state index is 10.6. The summed E-state index contributed by atoms with van der Waals surface area (Å²) in [7, 11) is 0. The first-order valence-corrected chi connectivity index (χ1v) is 7.09. The van der Waals surface area contributed by atoms with E-state index in [1.165, 1.54) is 0 Å². The second kappa shape index (κ2) is 3.08. The van der Waals surface area contributed by atoms with Crippen molar-refractivity contribution in [3.05, 3.63) is 0 Å². The second-order valence-electron chi connectivity index (χ2n) is 8.06. The lowest BCUT2D eigenvalue weighted by Gasteiger charge is -2.37. The highest BCUT2D eigenvalue weighted by atomic mass is 16.3. The number of hydrogen-bond donors (Lipinski definition) is 2. The molecule has 6 unspecified atom stereocenters. The summed E-state index contributed by atoms with van der Waals surface area (Å²) in [5, 5.41) is 21.1. The van der Waals surface area contributed by atoms with Gasteiger partial charge in [-0.3, -0.25) is 0 Å². The normalized spacial score (nSPS) is 60.4. The van der Waals surface area contributed by atoms with Crippen molar-refractivity contribution in [1.82, 2.24) is 0 Å². The maximum Gasteiger partial charge on any atom is 0.0651 e. The van der Waals surface area contributed by atoms with Crippen LogP contribution in [0.2, 0.25) is 0 Å². The second-order valence-corrected chi connectivity index (χ2v) is 8.06. The molecule has 2 nitrogen and oxygen atoms in total. The van der Waals surface area contributed by atoms with Gasteiger partial charge in [0.2, 0.25) is 0 Å². The van der Waals surface area contributed by atoms with E-state index < -0.39 is 5.60 Å². The zero-order chi connectivity index (χ0) is 12.6. The number of aliphatic hydroxyl groups excluding tert-OH is 1. The van der Waals surface area contributed by atoms with Crippen molar-refractivity contribution in [1.29, 1.82) is 0 Å². The fourth-order valence-electron chi connectivity index (χ4n) is 4.96. The molecule has 0 aromatic heterocycles. The Morgan fingerprint density at radius 3 is 2.24 bits per heavy atom. The molecule has 2 N–H and O–H groups in total. The highest BCUT2D eigenvalue weighted by Crippen LogP contribution is 2.70. The zero-order valence-electron chi connectivity index (χ0n) is 11.5. The molecule has 17 heavy (non-hydrogen) atoms. The van der Waals surface area contributed by atoms with Crippen LogP contribution in [-0.2, 0) is 0 Å². The smallest absolute Gasteiger partial charge is 0.0651 e. The van der Waals surface area contributed by atoms with Crippen LogP contribution in [0.1, 0.15) is 53.4 Å². The van der Waals surface area contributed by atoms with Crippen molar-refractivity contribution in [3.8, 4) is 0 Å². The SMILES string of the molecule is CC1(C)CC2C(CCC2(C)O)C2(C)CC2C1O. The molecule has 3 aliphatic rings. The maximum absolute atomic E-state index is 10.6. The van der Waals surface area contributed by atoms with Crippen molar-refractivity contribution >= 4 is 0 Å². The van der Waals surface area contributed by atoms with Gasteiger partial charge in [-0.25, -0.2) is 0 Å². The number of rotatable bonds is 0. The summed E-state index contributed by atoms with van der Waals surface area (Å²) in [6.07, 6.45) is 4.03. The van der Waals surface area contributed by atoms with E-state index in [1.54, 1.807) is 0 Å². The van der Waals surface area contributed by atoms with E-state index in [0.29, 0.717) is 23.2 Å². The fourth-order valence-corrected chi connectivity index (χ4v) is 4.96. The molecule has 0 aromatic rings. The Balaban J connectivity index is 2.00. The summed E-state index contributed by atoms with van der Waals surface area (Å²) in [5.74, 6) is 1.48. The zero-order valence-corrected chi connectivity index (χ0v) is 11.5. The minimum atomic E-state index is -0.512. The van der Waals surface area contributed by atoms with Gasteiger partial charge in [-0.15, -0.1) is 0 Å². The summed E-state index contributed by atoms with van der Waals surface area (Å²) in [4.78, 5) is 0. The van der Waals surface area contributed by atoms with Gasteiger partial charge in [-0.2, -0.15) is 0 Å². The summed E-state index contributed by atoms with van der Waals surface area (Å²) >= 11 is 0. The van der Waals surface area contributed by atoms with Crippen molar-refractivity contribution in [2.45, 2.75) is 65.1 Å². The molecule has 3 fully saturated rings. The van der Waals surface area contributed by atoms with Gasteiger partial charge in [0.05, 0.1) is 11.7 Å². The molecule has 0 aliphatic heterocycles. The largest absolute Gasteiger partial charge is 0.392 e. The number of hydrogen-bond acceptors (Lipinski definition) is 2. The Hall–Kier alpha value is -0.0800. The first-order valence-electron chi connectivity index (χ1n) is 7.09. The van der Waals surface area contributed by atoms with Crippen LogP contribution in [0.4, 0.5) is 0 Å². The molecule has 3 rings (SSSR count). The molecule has 98 valence electrons. The van der Waals surface area contributed by atoms with E-state index in [-0.39, 0.29) is 11.5 Å². The average molecular weight is 238 g/mol. The number of fused-ring (bicyclic) bond motifs is 3. The molecule has 3 aliphatic carbocycles. The minimum Gasteiger partial charge on any atom is -0.392 e. The van der Waals surface area contributed by atoms with E-state index in [4.69, 9.17) is 0 Å². The van der Waals surface area contributed by atoms with Gasteiger partial charge in [-0.1, -0.05) is 20.8 Å². The third kappa shape index (κ3) is 1.46. The lowest BCUT2D eigenvalue weighted by atomic mass is 9.72. The van der Waals surface area contributed by atoms with Gasteiger partial charge >= 0.3 is 0 Å². The molecule has 0 spiro atoms. The van der Waals surface area contributed by atoms with E-state index in [1.807, 2.05) is 6.92 Å². The van der Waals surface area contributed by atoms with Crippen LogP contribution in [0.5, 0.6) is 0 Å². The van der Waals surface area contributed by atoms with E-state index >= 15 is 0 Å². The summed E-state index contributed by atoms with van der Waals surface area (Å²) in [6.45, 7) is 8.69. The van der Waals surface area contributed by atoms with Crippen molar-refractivity contribution in [2.75, 3.05) is 0 Å². The van der Waals surface area contributed by atoms with E-state index in [9.17, 15) is 10.2 Å². The fraction of sp³-hybridized carbons (Fsp3) is 1.00. The van der Waals surface area contributed by atoms with Gasteiger partial charge in [-0.05, 0) is 61.2 Å². The highest BCUT2D eigenvalue weighted by molar-refractivity contribution is 5.16. The monoisotopic (exact) mass is 238 g/mol. The Morgan fingerprint density at radius 2 is 1.59 bits per heavy atom. The molecule has 3 saturated carbocycles. The van der Waals surface area contributed by atoms with Gasteiger partial charge in [0, 0.05) is 0 Å². The van der Waals surface area contributed by atoms with Crippen LogP contribution in [-0.4, -0.2) is 21.9 Å². The topological polar surface area (TPSA) is 40.5 Å². The molecule has 0 heterocycles. The van der Waals surface area contributed by atoms with Crippen LogP contribution in [0.25, 0.3) is 0 Å². The lowest BCUT2D eigenvalue weighted by molar-refractivity contribution is -0.0314. The van der Waals surface area contributed by atoms with Crippen LogP contribution < -0.4 is 0 Å². The third-order valence-corrected chi connectivity index (χ3v) is 6.37. The molecular formula is C15H26O2. The molecule has 0 radical (unpaired) electrons.